The highest BCUT2D eigenvalue weighted by Crippen LogP contribution is 2.05. The van der Waals surface area contributed by atoms with Crippen LogP contribution in [0.4, 0.5) is 0 Å². The van der Waals surface area contributed by atoms with E-state index < -0.39 is 0 Å². The molecule has 0 spiro atoms. The lowest BCUT2D eigenvalue weighted by atomic mass is 10.1. The quantitative estimate of drug-likeness (QED) is 0.833. The SMILES string of the molecule is NCCc1ccc(C(=O)NCc2ccncn2)cc1. The van der Waals surface area contributed by atoms with E-state index >= 15 is 0 Å². The molecule has 0 saturated heterocycles. The zero-order valence-corrected chi connectivity index (χ0v) is 10.5. The van der Waals surface area contributed by atoms with E-state index in [2.05, 4.69) is 15.3 Å². The molecule has 0 radical (unpaired) electrons. The molecule has 0 aliphatic rings. The van der Waals surface area contributed by atoms with Crippen LogP contribution in [0.5, 0.6) is 0 Å². The Balaban J connectivity index is 1.92. The Labute approximate surface area is 111 Å². The van der Waals surface area contributed by atoms with E-state index in [9.17, 15) is 4.79 Å². The molecule has 1 aromatic carbocycles. The molecule has 98 valence electrons. The van der Waals surface area contributed by atoms with Crippen LogP contribution < -0.4 is 11.1 Å². The highest BCUT2D eigenvalue weighted by Gasteiger charge is 2.05. The second kappa shape index (κ2) is 6.61. The fourth-order valence-corrected chi connectivity index (χ4v) is 1.69. The van der Waals surface area contributed by atoms with Gasteiger partial charge in [0.2, 0.25) is 0 Å². The van der Waals surface area contributed by atoms with Crippen molar-refractivity contribution >= 4 is 5.91 Å². The molecule has 0 unspecified atom stereocenters. The molecule has 1 amide bonds. The second-order valence-electron chi connectivity index (χ2n) is 4.12. The van der Waals surface area contributed by atoms with Crippen molar-refractivity contribution in [3.8, 4) is 0 Å². The first kappa shape index (κ1) is 13.2. The number of aromatic nitrogens is 2. The van der Waals surface area contributed by atoms with Gasteiger partial charge in [-0.05, 0) is 36.7 Å². The van der Waals surface area contributed by atoms with E-state index in [0.29, 0.717) is 18.7 Å². The molecule has 2 aromatic rings. The molecule has 5 nitrogen and oxygen atoms in total. The van der Waals surface area contributed by atoms with Crippen molar-refractivity contribution in [2.45, 2.75) is 13.0 Å². The van der Waals surface area contributed by atoms with Gasteiger partial charge in [-0.25, -0.2) is 9.97 Å². The third-order valence-corrected chi connectivity index (χ3v) is 2.72. The van der Waals surface area contributed by atoms with Crippen LogP contribution in [-0.2, 0) is 13.0 Å². The first-order valence-electron chi connectivity index (χ1n) is 6.11. The number of hydrogen-bond donors (Lipinski definition) is 2. The van der Waals surface area contributed by atoms with E-state index in [1.54, 1.807) is 24.4 Å². The summed E-state index contributed by atoms with van der Waals surface area (Å²) in [5.74, 6) is -0.113. The average molecular weight is 256 g/mol. The number of rotatable bonds is 5. The number of benzene rings is 1. The third-order valence-electron chi connectivity index (χ3n) is 2.72. The van der Waals surface area contributed by atoms with Crippen molar-refractivity contribution in [2.75, 3.05) is 6.54 Å². The smallest absolute Gasteiger partial charge is 0.251 e. The number of amides is 1. The van der Waals surface area contributed by atoms with Gasteiger partial charge in [0, 0.05) is 11.8 Å². The molecule has 0 atom stereocenters. The maximum Gasteiger partial charge on any atom is 0.251 e. The zero-order chi connectivity index (χ0) is 13.5. The largest absolute Gasteiger partial charge is 0.346 e. The fraction of sp³-hybridized carbons (Fsp3) is 0.214. The molecule has 19 heavy (non-hydrogen) atoms. The number of carbonyl (C=O) groups is 1. The maximum atomic E-state index is 11.9. The number of nitrogens with zero attached hydrogens (tertiary/aromatic N) is 2. The molecule has 3 N–H and O–H groups in total. The van der Waals surface area contributed by atoms with Crippen molar-refractivity contribution < 1.29 is 4.79 Å². The molecule has 0 aliphatic heterocycles. The molecular weight excluding hydrogens is 240 g/mol. The summed E-state index contributed by atoms with van der Waals surface area (Å²) in [7, 11) is 0. The molecular formula is C14H16N4O. The minimum absolute atomic E-state index is 0.113. The minimum atomic E-state index is -0.113. The van der Waals surface area contributed by atoms with E-state index in [0.717, 1.165) is 17.7 Å². The summed E-state index contributed by atoms with van der Waals surface area (Å²) in [6.07, 6.45) is 3.93. The van der Waals surface area contributed by atoms with Gasteiger partial charge in [0.05, 0.1) is 12.2 Å². The minimum Gasteiger partial charge on any atom is -0.346 e. The summed E-state index contributed by atoms with van der Waals surface area (Å²) in [4.78, 5) is 19.8. The van der Waals surface area contributed by atoms with Crippen LogP contribution in [0, 0.1) is 0 Å². The highest BCUT2D eigenvalue weighted by molar-refractivity contribution is 5.94. The first-order valence-corrected chi connectivity index (χ1v) is 6.11. The number of hydrogen-bond acceptors (Lipinski definition) is 4. The summed E-state index contributed by atoms with van der Waals surface area (Å²) >= 11 is 0. The summed E-state index contributed by atoms with van der Waals surface area (Å²) in [5.41, 5.74) is 8.03. The standard InChI is InChI=1S/C14H16N4O/c15-7-5-11-1-3-12(4-2-11)14(19)17-9-13-6-8-16-10-18-13/h1-4,6,8,10H,5,7,9,15H2,(H,17,19). The predicted octanol–water partition coefficient (Wildman–Crippen LogP) is 0.908. The van der Waals surface area contributed by atoms with Gasteiger partial charge in [-0.15, -0.1) is 0 Å². The molecule has 0 aliphatic carbocycles. The molecule has 0 saturated carbocycles. The van der Waals surface area contributed by atoms with Gasteiger partial charge in [0.25, 0.3) is 5.91 Å². The van der Waals surface area contributed by atoms with Crippen molar-refractivity contribution in [3.63, 3.8) is 0 Å². The molecule has 2 rings (SSSR count). The number of nitrogens with two attached hydrogens (primary N) is 1. The molecule has 1 heterocycles. The Kier molecular flexibility index (Phi) is 4.58. The molecule has 0 bridgehead atoms. The van der Waals surface area contributed by atoms with Crippen molar-refractivity contribution in [1.82, 2.24) is 15.3 Å². The molecule has 0 fully saturated rings. The van der Waals surface area contributed by atoms with Gasteiger partial charge in [0.1, 0.15) is 6.33 Å². The van der Waals surface area contributed by atoms with Gasteiger partial charge < -0.3 is 11.1 Å². The Morgan fingerprint density at radius 3 is 2.63 bits per heavy atom. The summed E-state index contributed by atoms with van der Waals surface area (Å²) in [5, 5.41) is 2.81. The summed E-state index contributed by atoms with van der Waals surface area (Å²) in [6.45, 7) is 1.01. The first-order chi connectivity index (χ1) is 9.29. The Morgan fingerprint density at radius 1 is 1.21 bits per heavy atom. The van der Waals surface area contributed by atoms with E-state index in [1.807, 2.05) is 12.1 Å². The number of nitrogens with one attached hydrogen (secondary N) is 1. The summed E-state index contributed by atoms with van der Waals surface area (Å²) in [6, 6.07) is 9.23. The Morgan fingerprint density at radius 2 is 2.00 bits per heavy atom. The van der Waals surface area contributed by atoms with Crippen LogP contribution in [0.15, 0.2) is 42.9 Å². The lowest BCUT2D eigenvalue weighted by Gasteiger charge is -2.05. The van der Waals surface area contributed by atoms with E-state index in [4.69, 9.17) is 5.73 Å². The van der Waals surface area contributed by atoms with Gasteiger partial charge >= 0.3 is 0 Å². The van der Waals surface area contributed by atoms with Crippen LogP contribution >= 0.6 is 0 Å². The predicted molar refractivity (Wildman–Crippen MR) is 72.4 cm³/mol. The van der Waals surface area contributed by atoms with Crippen LogP contribution in [0.1, 0.15) is 21.6 Å². The van der Waals surface area contributed by atoms with E-state index in [1.165, 1.54) is 6.33 Å². The number of carbonyl (C=O) groups excluding carboxylic acids is 1. The average Bonchev–Trinajstić information content (AvgIpc) is 2.47. The van der Waals surface area contributed by atoms with Gasteiger partial charge in [-0.2, -0.15) is 0 Å². The molecule has 1 aromatic heterocycles. The maximum absolute atomic E-state index is 11.9. The Hall–Kier alpha value is -2.27. The van der Waals surface area contributed by atoms with Crippen molar-refractivity contribution in [1.29, 1.82) is 0 Å². The lowest BCUT2D eigenvalue weighted by Crippen LogP contribution is -2.23. The summed E-state index contributed by atoms with van der Waals surface area (Å²) < 4.78 is 0. The lowest BCUT2D eigenvalue weighted by molar-refractivity contribution is 0.0950. The van der Waals surface area contributed by atoms with E-state index in [-0.39, 0.29) is 5.91 Å². The van der Waals surface area contributed by atoms with Crippen LogP contribution in [0.3, 0.4) is 0 Å². The normalized spacial score (nSPS) is 10.2. The topological polar surface area (TPSA) is 80.9 Å². The zero-order valence-electron chi connectivity index (χ0n) is 10.5. The molecule has 5 heteroatoms. The third kappa shape index (κ3) is 3.86. The van der Waals surface area contributed by atoms with Crippen LogP contribution in [0.2, 0.25) is 0 Å². The fourth-order valence-electron chi connectivity index (χ4n) is 1.69. The van der Waals surface area contributed by atoms with Crippen LogP contribution in [-0.4, -0.2) is 22.4 Å². The Bertz CT molecular complexity index is 525. The van der Waals surface area contributed by atoms with Gasteiger partial charge in [-0.3, -0.25) is 4.79 Å². The van der Waals surface area contributed by atoms with Gasteiger partial charge in [-0.1, -0.05) is 12.1 Å². The van der Waals surface area contributed by atoms with Crippen LogP contribution in [0.25, 0.3) is 0 Å². The highest BCUT2D eigenvalue weighted by atomic mass is 16.1. The van der Waals surface area contributed by atoms with Crippen molar-refractivity contribution in [3.05, 3.63) is 59.7 Å². The van der Waals surface area contributed by atoms with Crippen molar-refractivity contribution in [2.24, 2.45) is 5.73 Å². The monoisotopic (exact) mass is 256 g/mol. The van der Waals surface area contributed by atoms with Gasteiger partial charge in [0.15, 0.2) is 0 Å². The second-order valence-corrected chi connectivity index (χ2v) is 4.12.